The first-order valence-electron chi connectivity index (χ1n) is 7.36. The van der Waals surface area contributed by atoms with Crippen molar-refractivity contribution in [1.82, 2.24) is 15.1 Å². The maximum Gasteiger partial charge on any atom is 0.435 e. The predicted octanol–water partition coefficient (Wildman–Crippen LogP) is 2.48. The summed E-state index contributed by atoms with van der Waals surface area (Å²) >= 11 is 0. The van der Waals surface area contributed by atoms with E-state index in [4.69, 9.17) is 0 Å². The van der Waals surface area contributed by atoms with Gasteiger partial charge in [-0.05, 0) is 18.6 Å². The molecule has 0 saturated carbocycles. The van der Waals surface area contributed by atoms with Crippen LogP contribution >= 0.6 is 0 Å². The molecule has 0 aliphatic rings. The SMILES string of the molecule is CC(C(=O)O)C(NC(=O)Cn1ccc(C(F)(F)F)n1)c1ccccc1. The Kier molecular flexibility index (Phi) is 5.45. The number of hydrogen-bond acceptors (Lipinski definition) is 3. The number of carbonyl (C=O) groups excluding carboxylic acids is 1. The number of halogens is 3. The van der Waals surface area contributed by atoms with Crippen LogP contribution in [0.15, 0.2) is 42.6 Å². The topological polar surface area (TPSA) is 84.2 Å². The molecule has 0 radical (unpaired) electrons. The van der Waals surface area contributed by atoms with Gasteiger partial charge in [0.15, 0.2) is 5.69 Å². The number of aromatic nitrogens is 2. The van der Waals surface area contributed by atoms with E-state index in [2.05, 4.69) is 10.4 Å². The number of alkyl halides is 3. The lowest BCUT2D eigenvalue weighted by molar-refractivity contribution is -0.143. The molecule has 2 rings (SSSR count). The molecule has 6 nitrogen and oxygen atoms in total. The lowest BCUT2D eigenvalue weighted by Crippen LogP contribution is -2.37. The first kappa shape index (κ1) is 18.5. The number of benzene rings is 1. The minimum absolute atomic E-state index is 0.453. The van der Waals surface area contributed by atoms with E-state index in [0.717, 1.165) is 16.9 Å². The summed E-state index contributed by atoms with van der Waals surface area (Å²) in [5.74, 6) is -2.67. The van der Waals surface area contributed by atoms with E-state index in [-0.39, 0.29) is 0 Å². The molecule has 0 aliphatic carbocycles. The van der Waals surface area contributed by atoms with E-state index < -0.39 is 42.3 Å². The number of hydrogen-bond donors (Lipinski definition) is 2. The van der Waals surface area contributed by atoms with Crippen LogP contribution in [0, 0.1) is 5.92 Å². The fraction of sp³-hybridized carbons (Fsp3) is 0.312. The van der Waals surface area contributed by atoms with E-state index in [1.807, 2.05) is 0 Å². The van der Waals surface area contributed by atoms with E-state index in [0.29, 0.717) is 5.56 Å². The molecule has 25 heavy (non-hydrogen) atoms. The predicted molar refractivity (Wildman–Crippen MR) is 81.4 cm³/mol. The molecule has 0 spiro atoms. The Morgan fingerprint density at radius 2 is 1.88 bits per heavy atom. The van der Waals surface area contributed by atoms with Gasteiger partial charge in [0, 0.05) is 6.20 Å². The van der Waals surface area contributed by atoms with Crippen LogP contribution in [0.3, 0.4) is 0 Å². The highest BCUT2D eigenvalue weighted by Gasteiger charge is 2.34. The van der Waals surface area contributed by atoms with Gasteiger partial charge in [-0.2, -0.15) is 18.3 Å². The standard InChI is InChI=1S/C16H16F3N3O3/c1-10(15(24)25)14(11-5-3-2-4-6-11)20-13(23)9-22-8-7-12(21-22)16(17,18)19/h2-8,10,14H,9H2,1H3,(H,20,23)(H,24,25). The van der Waals surface area contributed by atoms with Gasteiger partial charge in [-0.3, -0.25) is 14.3 Å². The Bertz CT molecular complexity index is 744. The molecule has 0 fully saturated rings. The Morgan fingerprint density at radius 3 is 2.40 bits per heavy atom. The van der Waals surface area contributed by atoms with Crippen molar-refractivity contribution in [2.45, 2.75) is 25.7 Å². The number of aliphatic carboxylic acids is 1. The molecule has 2 N–H and O–H groups in total. The molecule has 134 valence electrons. The summed E-state index contributed by atoms with van der Waals surface area (Å²) in [5.41, 5.74) is -0.513. The maximum atomic E-state index is 12.5. The molecule has 1 aromatic heterocycles. The van der Waals surface area contributed by atoms with Gasteiger partial charge < -0.3 is 10.4 Å². The summed E-state index contributed by atoms with van der Waals surface area (Å²) in [6.07, 6.45) is -3.55. The zero-order valence-electron chi connectivity index (χ0n) is 13.2. The minimum atomic E-state index is -4.59. The number of nitrogens with zero attached hydrogens (tertiary/aromatic N) is 2. The lowest BCUT2D eigenvalue weighted by Gasteiger charge is -2.23. The van der Waals surface area contributed by atoms with Crippen LogP contribution in [0.2, 0.25) is 0 Å². The molecule has 1 amide bonds. The quantitative estimate of drug-likeness (QED) is 0.834. The third kappa shape index (κ3) is 4.82. The molecule has 2 aromatic rings. The molecule has 2 unspecified atom stereocenters. The van der Waals surface area contributed by atoms with Gasteiger partial charge in [-0.25, -0.2) is 0 Å². The number of carboxylic acid groups (broad SMARTS) is 1. The third-order valence-corrected chi connectivity index (χ3v) is 3.60. The maximum absolute atomic E-state index is 12.5. The molecule has 1 heterocycles. The summed E-state index contributed by atoms with van der Waals surface area (Å²) in [4.78, 5) is 23.4. The van der Waals surface area contributed by atoms with E-state index in [1.165, 1.54) is 6.92 Å². The minimum Gasteiger partial charge on any atom is -0.481 e. The molecular formula is C16H16F3N3O3. The molecule has 0 aliphatic heterocycles. The zero-order chi connectivity index (χ0) is 18.6. The first-order valence-corrected chi connectivity index (χ1v) is 7.36. The van der Waals surface area contributed by atoms with E-state index in [9.17, 15) is 27.9 Å². The molecule has 1 aromatic carbocycles. The second-order valence-corrected chi connectivity index (χ2v) is 5.48. The fourth-order valence-corrected chi connectivity index (χ4v) is 2.27. The highest BCUT2D eigenvalue weighted by molar-refractivity contribution is 5.78. The molecule has 0 bridgehead atoms. The van der Waals surface area contributed by atoms with Crippen molar-refractivity contribution in [3.05, 3.63) is 53.9 Å². The number of rotatable bonds is 6. The van der Waals surface area contributed by atoms with Crippen molar-refractivity contribution in [2.75, 3.05) is 0 Å². The smallest absolute Gasteiger partial charge is 0.435 e. The molecule has 2 atom stereocenters. The lowest BCUT2D eigenvalue weighted by atomic mass is 9.94. The Hall–Kier alpha value is -2.84. The highest BCUT2D eigenvalue weighted by Crippen LogP contribution is 2.27. The van der Waals surface area contributed by atoms with Gasteiger partial charge in [0.2, 0.25) is 5.91 Å². The van der Waals surface area contributed by atoms with Crippen LogP contribution < -0.4 is 5.32 Å². The fourth-order valence-electron chi connectivity index (χ4n) is 2.27. The summed E-state index contributed by atoms with van der Waals surface area (Å²) < 4.78 is 38.4. The van der Waals surface area contributed by atoms with Crippen molar-refractivity contribution < 1.29 is 27.9 Å². The van der Waals surface area contributed by atoms with Gasteiger partial charge in [0.05, 0.1) is 12.0 Å². The van der Waals surface area contributed by atoms with Crippen molar-refractivity contribution >= 4 is 11.9 Å². The summed E-state index contributed by atoms with van der Waals surface area (Å²) in [6, 6.07) is 8.43. The van der Waals surface area contributed by atoms with Crippen LogP contribution in [0.25, 0.3) is 0 Å². The second-order valence-electron chi connectivity index (χ2n) is 5.48. The van der Waals surface area contributed by atoms with Crippen molar-refractivity contribution in [3.63, 3.8) is 0 Å². The average Bonchev–Trinajstić information content (AvgIpc) is 3.01. The number of carbonyl (C=O) groups is 2. The van der Waals surface area contributed by atoms with Gasteiger partial charge >= 0.3 is 12.1 Å². The number of carboxylic acids is 1. The van der Waals surface area contributed by atoms with Crippen molar-refractivity contribution in [3.8, 4) is 0 Å². The number of amides is 1. The van der Waals surface area contributed by atoms with Crippen LogP contribution in [0.5, 0.6) is 0 Å². The Labute approximate surface area is 141 Å². The molecular weight excluding hydrogens is 339 g/mol. The molecule has 9 heteroatoms. The monoisotopic (exact) mass is 355 g/mol. The summed E-state index contributed by atoms with van der Waals surface area (Å²) in [7, 11) is 0. The Balaban J connectivity index is 2.12. The Morgan fingerprint density at radius 1 is 1.24 bits per heavy atom. The van der Waals surface area contributed by atoms with Crippen molar-refractivity contribution in [2.24, 2.45) is 5.92 Å². The van der Waals surface area contributed by atoms with E-state index >= 15 is 0 Å². The van der Waals surface area contributed by atoms with Gasteiger partial charge in [-0.1, -0.05) is 30.3 Å². The number of nitrogens with one attached hydrogen (secondary N) is 1. The second kappa shape index (κ2) is 7.37. The highest BCUT2D eigenvalue weighted by atomic mass is 19.4. The van der Waals surface area contributed by atoms with Crippen LogP contribution in [0.4, 0.5) is 13.2 Å². The summed E-state index contributed by atoms with van der Waals surface area (Å²) in [6.45, 7) is 0.988. The van der Waals surface area contributed by atoms with Gasteiger partial charge in [0.25, 0.3) is 0 Å². The van der Waals surface area contributed by atoms with Crippen molar-refractivity contribution in [1.29, 1.82) is 0 Å². The largest absolute Gasteiger partial charge is 0.481 e. The normalized spacial score (nSPS) is 13.9. The van der Waals surface area contributed by atoms with Crippen LogP contribution in [-0.2, 0) is 22.3 Å². The van der Waals surface area contributed by atoms with Gasteiger partial charge in [-0.15, -0.1) is 0 Å². The van der Waals surface area contributed by atoms with E-state index in [1.54, 1.807) is 30.3 Å². The molecule has 0 saturated heterocycles. The average molecular weight is 355 g/mol. The zero-order valence-corrected chi connectivity index (χ0v) is 13.2. The van der Waals surface area contributed by atoms with Gasteiger partial charge in [0.1, 0.15) is 6.54 Å². The van der Waals surface area contributed by atoms with Crippen LogP contribution in [0.1, 0.15) is 24.2 Å². The third-order valence-electron chi connectivity index (χ3n) is 3.60. The first-order chi connectivity index (χ1) is 11.7. The summed E-state index contributed by atoms with van der Waals surface area (Å²) in [5, 5.41) is 15.1. The van der Waals surface area contributed by atoms with Crippen LogP contribution in [-0.4, -0.2) is 26.8 Å².